The molecular formula is C63H51BN4OS. The number of furan rings is 1. The Balaban J connectivity index is 1.18. The molecule has 3 aromatic heterocycles. The van der Waals surface area contributed by atoms with Gasteiger partial charge in [-0.3, -0.25) is 0 Å². The summed E-state index contributed by atoms with van der Waals surface area (Å²) in [7, 11) is 0. The van der Waals surface area contributed by atoms with Crippen molar-refractivity contribution in [1.29, 1.82) is 5.26 Å². The third kappa shape index (κ3) is 5.60. The van der Waals surface area contributed by atoms with Crippen molar-refractivity contribution in [1.82, 2.24) is 4.57 Å². The smallest absolute Gasteiger partial charge is 0.297 e. The van der Waals surface area contributed by atoms with Gasteiger partial charge >= 0.3 is 0 Å². The number of rotatable bonds is 2. The third-order valence-corrected chi connectivity index (χ3v) is 16.6. The zero-order valence-electron chi connectivity index (χ0n) is 41.0. The Bertz CT molecular complexity index is 4160. The van der Waals surface area contributed by atoms with Crippen LogP contribution >= 0.6 is 11.3 Å². The minimum absolute atomic E-state index is 0.0319. The molecule has 0 fully saturated rings. The van der Waals surface area contributed by atoms with E-state index in [1.165, 1.54) is 64.1 Å². The van der Waals surface area contributed by atoms with Gasteiger partial charge in [-0.2, -0.15) is 5.26 Å². The fraction of sp³-hybridized carbons (Fsp3) is 0.190. The molecule has 5 nitrogen and oxygen atoms in total. The molecule has 14 rings (SSSR count). The number of hydrogen-bond donors (Lipinski definition) is 0. The first-order chi connectivity index (χ1) is 33.6. The van der Waals surface area contributed by atoms with Gasteiger partial charge in [0.15, 0.2) is 0 Å². The maximum absolute atomic E-state index is 11.3. The minimum Gasteiger partial charge on any atom is -0.468 e. The molecule has 0 bridgehead atoms. The predicted molar refractivity (Wildman–Crippen MR) is 297 cm³/mol. The molecule has 3 aliphatic rings. The van der Waals surface area contributed by atoms with E-state index in [0.29, 0.717) is 5.56 Å². The van der Waals surface area contributed by atoms with Gasteiger partial charge in [0, 0.05) is 47.7 Å². The maximum Gasteiger partial charge on any atom is 0.297 e. The third-order valence-electron chi connectivity index (χ3n) is 15.5. The lowest BCUT2D eigenvalue weighted by Crippen LogP contribution is -2.61. The highest BCUT2D eigenvalue weighted by Gasteiger charge is 2.50. The molecule has 3 aliphatic heterocycles. The van der Waals surface area contributed by atoms with E-state index in [9.17, 15) is 5.26 Å². The summed E-state index contributed by atoms with van der Waals surface area (Å²) >= 11 is 1.83. The maximum atomic E-state index is 11.3. The molecule has 0 radical (unpaired) electrons. The second kappa shape index (κ2) is 13.8. The molecule has 0 spiro atoms. The van der Waals surface area contributed by atoms with Crippen LogP contribution in [0.4, 0.5) is 34.1 Å². The Kier molecular flexibility index (Phi) is 8.19. The molecule has 0 amide bonds. The zero-order chi connectivity index (χ0) is 47.9. The molecule has 0 unspecified atom stereocenters. The summed E-state index contributed by atoms with van der Waals surface area (Å²) in [6, 6.07) is 56.7. The lowest BCUT2D eigenvalue weighted by atomic mass is 9.35. The highest BCUT2D eigenvalue weighted by Crippen LogP contribution is 2.56. The summed E-state index contributed by atoms with van der Waals surface area (Å²) in [6.45, 7) is 20.6. The molecule has 0 aliphatic carbocycles. The van der Waals surface area contributed by atoms with E-state index >= 15 is 0 Å². The fourth-order valence-electron chi connectivity index (χ4n) is 12.0. The molecule has 0 saturated heterocycles. The van der Waals surface area contributed by atoms with Crippen molar-refractivity contribution in [3.8, 4) is 22.9 Å². The van der Waals surface area contributed by atoms with Gasteiger partial charge < -0.3 is 18.8 Å². The monoisotopic (exact) mass is 922 g/mol. The van der Waals surface area contributed by atoms with Crippen molar-refractivity contribution >= 4 is 122 Å². The molecule has 70 heavy (non-hydrogen) atoms. The van der Waals surface area contributed by atoms with Crippen LogP contribution in [0.5, 0.6) is 0 Å². The fourth-order valence-corrected chi connectivity index (χ4v) is 13.1. The molecule has 6 heterocycles. The summed E-state index contributed by atoms with van der Waals surface area (Å²) in [5, 5.41) is 17.2. The molecule has 8 aromatic carbocycles. The first-order valence-electron chi connectivity index (χ1n) is 24.6. The van der Waals surface area contributed by atoms with Crippen LogP contribution in [0.3, 0.4) is 0 Å². The highest BCUT2D eigenvalue weighted by atomic mass is 32.1. The van der Waals surface area contributed by atoms with Crippen molar-refractivity contribution in [3.63, 3.8) is 0 Å². The van der Waals surface area contributed by atoms with Crippen LogP contribution in [0.15, 0.2) is 150 Å². The van der Waals surface area contributed by atoms with Crippen LogP contribution in [0.1, 0.15) is 84.6 Å². The van der Waals surface area contributed by atoms with Gasteiger partial charge in [0.05, 0.1) is 56.8 Å². The molecule has 11 aromatic rings. The van der Waals surface area contributed by atoms with Gasteiger partial charge in [0.1, 0.15) is 5.58 Å². The normalized spacial score (nSPS) is 14.0. The SMILES string of the molecule is CC(C)(C)c1cc2c3c(c1)-n1c4ccc(C(C)(C)C)cc4c4cc(C(C)(C)C)cc(c41)N3c1cc(C#N)cc3c1B2c1oc2ccc(-c4ccccc4)cc2c1N3c1cccc2sc3ccccc3c12. The molecule has 0 saturated carbocycles. The van der Waals surface area contributed by atoms with Gasteiger partial charge in [0.25, 0.3) is 6.71 Å². The van der Waals surface area contributed by atoms with Crippen LogP contribution in [0, 0.1) is 11.3 Å². The van der Waals surface area contributed by atoms with Crippen molar-refractivity contribution < 1.29 is 4.42 Å². The topological polar surface area (TPSA) is 48.3 Å². The Labute approximate surface area is 412 Å². The van der Waals surface area contributed by atoms with E-state index in [-0.39, 0.29) is 23.0 Å². The van der Waals surface area contributed by atoms with Gasteiger partial charge in [-0.05, 0) is 128 Å². The summed E-state index contributed by atoms with van der Waals surface area (Å²) < 4.78 is 12.5. The Morgan fingerprint density at radius 2 is 1.19 bits per heavy atom. The second-order valence-corrected chi connectivity index (χ2v) is 24.0. The van der Waals surface area contributed by atoms with E-state index in [1.807, 2.05) is 11.3 Å². The standard InChI is InChI=1S/C63H51BN4OS/c1-61(2,3)38-23-24-46-42(29-38)43-30-39(62(4,5)6)32-50-57(43)66(46)51-33-40(63(7,8)9)31-45-59(51)68(50)49-27-35(34-65)26-48-56(49)64(45)60-58(44-28-37(22-25-52(44)69-60)36-16-11-10-12-17-36)67(48)47-19-15-21-54-55(47)41-18-13-14-20-53(41)70-54/h10-33H,1-9H3. The molecule has 7 heteroatoms. The summed E-state index contributed by atoms with van der Waals surface area (Å²) in [6.07, 6.45) is 0. The van der Waals surface area contributed by atoms with E-state index in [0.717, 1.165) is 73.0 Å². The van der Waals surface area contributed by atoms with Crippen LogP contribution in [0.2, 0.25) is 0 Å². The van der Waals surface area contributed by atoms with E-state index in [4.69, 9.17) is 4.42 Å². The quantitative estimate of drug-likeness (QED) is 0.162. The zero-order valence-corrected chi connectivity index (χ0v) is 41.9. The summed E-state index contributed by atoms with van der Waals surface area (Å²) in [5.41, 5.74) is 20.4. The lowest BCUT2D eigenvalue weighted by Gasteiger charge is -2.45. The average molecular weight is 923 g/mol. The van der Waals surface area contributed by atoms with Crippen molar-refractivity contribution in [2.24, 2.45) is 0 Å². The number of nitrogens with zero attached hydrogens (tertiary/aromatic N) is 4. The van der Waals surface area contributed by atoms with Crippen molar-refractivity contribution in [3.05, 3.63) is 168 Å². The lowest BCUT2D eigenvalue weighted by molar-refractivity contribution is 0.590. The van der Waals surface area contributed by atoms with Gasteiger partial charge in [0.2, 0.25) is 0 Å². The van der Waals surface area contributed by atoms with Crippen LogP contribution in [-0.2, 0) is 16.2 Å². The van der Waals surface area contributed by atoms with Crippen molar-refractivity contribution in [2.75, 3.05) is 9.80 Å². The van der Waals surface area contributed by atoms with Crippen molar-refractivity contribution in [2.45, 2.75) is 78.6 Å². The number of nitriles is 1. The van der Waals surface area contributed by atoms with Crippen LogP contribution in [0.25, 0.3) is 69.8 Å². The number of benzene rings is 8. The second-order valence-electron chi connectivity index (χ2n) is 22.9. The van der Waals surface area contributed by atoms with Gasteiger partial charge in [-0.25, -0.2) is 0 Å². The first kappa shape index (κ1) is 41.4. The molecule has 0 N–H and O–H groups in total. The van der Waals surface area contributed by atoms with Crippen LogP contribution in [-0.4, -0.2) is 11.3 Å². The predicted octanol–water partition coefficient (Wildman–Crippen LogP) is 15.7. The van der Waals surface area contributed by atoms with Crippen LogP contribution < -0.4 is 26.4 Å². The summed E-state index contributed by atoms with van der Waals surface area (Å²) in [5.74, 6) is 0. The number of fused-ring (bicyclic) bond motifs is 14. The number of aromatic nitrogens is 1. The molecular weight excluding hydrogens is 872 g/mol. The Morgan fingerprint density at radius 3 is 1.93 bits per heavy atom. The average Bonchev–Trinajstić information content (AvgIpc) is 4.02. The molecule has 338 valence electrons. The highest BCUT2D eigenvalue weighted by molar-refractivity contribution is 7.26. The Hall–Kier alpha value is -7.53. The van der Waals surface area contributed by atoms with E-state index < -0.39 is 0 Å². The number of thiophene rings is 1. The summed E-state index contributed by atoms with van der Waals surface area (Å²) in [4.78, 5) is 5.00. The number of anilines is 6. The minimum atomic E-state index is -0.292. The van der Waals surface area contributed by atoms with Gasteiger partial charge in [-0.15, -0.1) is 11.3 Å². The Morgan fingerprint density at radius 1 is 0.514 bits per heavy atom. The first-order valence-corrected chi connectivity index (χ1v) is 25.4. The largest absolute Gasteiger partial charge is 0.468 e. The molecule has 0 atom stereocenters. The number of hydrogen-bond acceptors (Lipinski definition) is 5. The van der Waals surface area contributed by atoms with E-state index in [2.05, 4.69) is 228 Å². The van der Waals surface area contributed by atoms with Gasteiger partial charge in [-0.1, -0.05) is 135 Å². The van der Waals surface area contributed by atoms with E-state index in [1.54, 1.807) is 0 Å².